The predicted molar refractivity (Wildman–Crippen MR) is 60.8 cm³/mol. The van der Waals surface area contributed by atoms with Crippen LogP contribution in [0, 0.1) is 5.92 Å². The van der Waals surface area contributed by atoms with E-state index in [4.69, 9.17) is 16.3 Å². The third-order valence-electron chi connectivity index (χ3n) is 2.63. The first-order valence-electron chi connectivity index (χ1n) is 5.04. The van der Waals surface area contributed by atoms with Gasteiger partial charge in [0.2, 0.25) is 9.47 Å². The number of carbonyl (C=O) groups is 1. The van der Waals surface area contributed by atoms with Gasteiger partial charge in [0.05, 0.1) is 6.61 Å². The molecule has 1 fully saturated rings. The summed E-state index contributed by atoms with van der Waals surface area (Å²) in [7, 11) is 0. The molecule has 2 heterocycles. The predicted octanol–water partition coefficient (Wildman–Crippen LogP) is 1.35. The van der Waals surface area contributed by atoms with Crippen LogP contribution in [0.4, 0.5) is 0 Å². The minimum atomic E-state index is -0.219. The summed E-state index contributed by atoms with van der Waals surface area (Å²) < 4.78 is 5.55. The van der Waals surface area contributed by atoms with Gasteiger partial charge in [-0.2, -0.15) is 0 Å². The smallest absolute Gasteiger partial charge is 0.282 e. The first kappa shape index (κ1) is 11.8. The summed E-state index contributed by atoms with van der Waals surface area (Å²) in [5.41, 5.74) is 0. The Balaban J connectivity index is 1.91. The van der Waals surface area contributed by atoms with Crippen molar-refractivity contribution in [3.8, 4) is 0 Å². The van der Waals surface area contributed by atoms with Gasteiger partial charge in [0.15, 0.2) is 0 Å². The highest BCUT2D eigenvalue weighted by molar-refractivity contribution is 7.17. The average Bonchev–Trinajstić information content (AvgIpc) is 2.87. The van der Waals surface area contributed by atoms with Gasteiger partial charge in [-0.25, -0.2) is 0 Å². The Labute approximate surface area is 102 Å². The van der Waals surface area contributed by atoms with Gasteiger partial charge >= 0.3 is 0 Å². The van der Waals surface area contributed by atoms with Crippen molar-refractivity contribution in [1.29, 1.82) is 0 Å². The van der Waals surface area contributed by atoms with E-state index >= 15 is 0 Å². The fraction of sp³-hybridized carbons (Fsp3) is 0.667. The lowest BCUT2D eigenvalue weighted by Gasteiger charge is -2.18. The van der Waals surface area contributed by atoms with E-state index in [-0.39, 0.29) is 16.4 Å². The normalized spacial score (nSPS) is 22.0. The Bertz CT molecular complexity index is 379. The van der Waals surface area contributed by atoms with E-state index in [0.29, 0.717) is 17.5 Å². The van der Waals surface area contributed by atoms with Crippen molar-refractivity contribution >= 4 is 28.8 Å². The summed E-state index contributed by atoms with van der Waals surface area (Å²) in [4.78, 5) is 11.7. The number of halogens is 1. The van der Waals surface area contributed by atoms with Gasteiger partial charge in [0, 0.05) is 18.6 Å². The fourth-order valence-corrected chi connectivity index (χ4v) is 2.36. The zero-order chi connectivity index (χ0) is 11.5. The zero-order valence-corrected chi connectivity index (χ0v) is 10.3. The van der Waals surface area contributed by atoms with Crippen LogP contribution in [0.1, 0.15) is 23.1 Å². The van der Waals surface area contributed by atoms with Gasteiger partial charge in [-0.15, -0.1) is 10.2 Å². The highest BCUT2D eigenvalue weighted by Gasteiger charge is 2.24. The average molecular weight is 262 g/mol. The zero-order valence-electron chi connectivity index (χ0n) is 8.77. The van der Waals surface area contributed by atoms with Crippen LogP contribution in [0.5, 0.6) is 0 Å². The number of rotatable bonds is 3. The lowest BCUT2D eigenvalue weighted by Crippen LogP contribution is -2.38. The van der Waals surface area contributed by atoms with Crippen LogP contribution in [0.15, 0.2) is 0 Å². The Morgan fingerprint density at radius 2 is 2.50 bits per heavy atom. The van der Waals surface area contributed by atoms with Crippen molar-refractivity contribution in [3.63, 3.8) is 0 Å². The molecular weight excluding hydrogens is 250 g/mol. The summed E-state index contributed by atoms with van der Waals surface area (Å²) in [5, 5.41) is 10.5. The molecule has 1 aliphatic rings. The van der Waals surface area contributed by atoms with Crippen LogP contribution < -0.4 is 5.32 Å². The maximum absolute atomic E-state index is 11.7. The minimum Gasteiger partial charge on any atom is -0.381 e. The Hall–Kier alpha value is -0.720. The molecule has 16 heavy (non-hydrogen) atoms. The van der Waals surface area contributed by atoms with E-state index in [1.54, 1.807) is 0 Å². The van der Waals surface area contributed by atoms with Crippen molar-refractivity contribution in [2.45, 2.75) is 19.4 Å². The van der Waals surface area contributed by atoms with E-state index in [9.17, 15) is 4.79 Å². The van der Waals surface area contributed by atoms with Gasteiger partial charge in [0.25, 0.3) is 5.91 Å². The number of carbonyl (C=O) groups excluding carboxylic acids is 1. The molecule has 1 N–H and O–H groups in total. The second-order valence-electron chi connectivity index (χ2n) is 3.75. The van der Waals surface area contributed by atoms with Gasteiger partial charge in [-0.1, -0.05) is 11.3 Å². The SMILES string of the molecule is CC(NC(=O)c1nnc(Cl)s1)C1CCOC1. The van der Waals surface area contributed by atoms with E-state index in [2.05, 4.69) is 15.5 Å². The molecule has 1 aromatic rings. The largest absolute Gasteiger partial charge is 0.381 e. The molecule has 2 unspecified atom stereocenters. The molecule has 0 radical (unpaired) electrons. The minimum absolute atomic E-state index is 0.0812. The Morgan fingerprint density at radius 1 is 1.69 bits per heavy atom. The summed E-state index contributed by atoms with van der Waals surface area (Å²) in [6, 6.07) is 0.0812. The summed E-state index contributed by atoms with van der Waals surface area (Å²) in [6.07, 6.45) is 0.984. The number of aromatic nitrogens is 2. The molecule has 2 atom stereocenters. The van der Waals surface area contributed by atoms with Gasteiger partial charge in [-0.3, -0.25) is 4.79 Å². The van der Waals surface area contributed by atoms with Crippen LogP contribution >= 0.6 is 22.9 Å². The monoisotopic (exact) mass is 261 g/mol. The molecule has 1 aliphatic heterocycles. The van der Waals surface area contributed by atoms with Crippen molar-refractivity contribution in [3.05, 3.63) is 9.47 Å². The number of ether oxygens (including phenoxy) is 1. The Kier molecular flexibility index (Phi) is 3.73. The van der Waals surface area contributed by atoms with Crippen molar-refractivity contribution in [1.82, 2.24) is 15.5 Å². The molecule has 0 aliphatic carbocycles. The van der Waals surface area contributed by atoms with Crippen molar-refractivity contribution in [2.75, 3.05) is 13.2 Å². The molecule has 5 nitrogen and oxygen atoms in total. The van der Waals surface area contributed by atoms with Crippen LogP contribution in [-0.4, -0.2) is 35.4 Å². The molecular formula is C9H12ClN3O2S. The van der Waals surface area contributed by atoms with Gasteiger partial charge < -0.3 is 10.1 Å². The van der Waals surface area contributed by atoms with Gasteiger partial charge in [0.1, 0.15) is 0 Å². The summed E-state index contributed by atoms with van der Waals surface area (Å²) in [5.74, 6) is 0.163. The second-order valence-corrected chi connectivity index (χ2v) is 5.31. The second kappa shape index (κ2) is 5.07. The lowest BCUT2D eigenvalue weighted by molar-refractivity contribution is 0.0921. The number of hydrogen-bond donors (Lipinski definition) is 1. The standard InChI is InChI=1S/C9H12ClN3O2S/c1-5(6-2-3-15-4-6)11-7(14)8-12-13-9(10)16-8/h5-6H,2-4H2,1H3,(H,11,14). The van der Waals surface area contributed by atoms with Crippen LogP contribution in [-0.2, 0) is 4.74 Å². The molecule has 2 rings (SSSR count). The third-order valence-corrected chi connectivity index (χ3v) is 3.64. The topological polar surface area (TPSA) is 64.1 Å². The molecule has 1 amide bonds. The molecule has 0 aromatic carbocycles. The first-order valence-corrected chi connectivity index (χ1v) is 6.24. The summed E-state index contributed by atoms with van der Waals surface area (Å²) in [6.45, 7) is 3.45. The molecule has 1 aromatic heterocycles. The Morgan fingerprint density at radius 3 is 3.06 bits per heavy atom. The fourth-order valence-electron chi connectivity index (χ4n) is 1.63. The van der Waals surface area contributed by atoms with E-state index in [1.165, 1.54) is 0 Å². The highest BCUT2D eigenvalue weighted by Crippen LogP contribution is 2.18. The maximum Gasteiger partial charge on any atom is 0.282 e. The lowest BCUT2D eigenvalue weighted by atomic mass is 10.0. The van der Waals surface area contributed by atoms with Crippen LogP contribution in [0.25, 0.3) is 0 Å². The van der Waals surface area contributed by atoms with Crippen molar-refractivity contribution in [2.24, 2.45) is 5.92 Å². The van der Waals surface area contributed by atoms with Crippen molar-refractivity contribution < 1.29 is 9.53 Å². The third kappa shape index (κ3) is 2.69. The number of nitrogens with one attached hydrogen (secondary N) is 1. The molecule has 0 spiro atoms. The molecule has 7 heteroatoms. The van der Waals surface area contributed by atoms with E-state index < -0.39 is 0 Å². The number of amides is 1. The van der Waals surface area contributed by atoms with Crippen LogP contribution in [0.3, 0.4) is 0 Å². The first-order chi connectivity index (χ1) is 7.66. The van der Waals surface area contributed by atoms with Crippen LogP contribution in [0.2, 0.25) is 4.47 Å². The maximum atomic E-state index is 11.7. The van der Waals surface area contributed by atoms with E-state index in [0.717, 1.165) is 24.4 Å². The highest BCUT2D eigenvalue weighted by atomic mass is 35.5. The number of hydrogen-bond acceptors (Lipinski definition) is 5. The molecule has 1 saturated heterocycles. The molecule has 88 valence electrons. The number of nitrogens with zero attached hydrogens (tertiary/aromatic N) is 2. The molecule has 0 bridgehead atoms. The molecule has 0 saturated carbocycles. The summed E-state index contributed by atoms with van der Waals surface area (Å²) >= 11 is 6.69. The van der Waals surface area contributed by atoms with E-state index in [1.807, 2.05) is 6.92 Å². The quantitative estimate of drug-likeness (QED) is 0.892. The van der Waals surface area contributed by atoms with Gasteiger partial charge in [-0.05, 0) is 24.9 Å².